The number of rotatable bonds is 16. The number of nitrogens with one attached hydrogen (secondary N) is 4. The first kappa shape index (κ1) is 30.2. The van der Waals surface area contributed by atoms with Gasteiger partial charge in [0.1, 0.15) is 31.5 Å². The molecule has 0 spiro atoms. The highest BCUT2D eigenvalue weighted by Crippen LogP contribution is 2.07. The fourth-order valence-corrected chi connectivity index (χ4v) is 2.98. The van der Waals surface area contributed by atoms with Crippen LogP contribution in [0, 0.1) is 0 Å². The van der Waals surface area contributed by atoms with Gasteiger partial charge >= 0.3 is 5.97 Å². The van der Waals surface area contributed by atoms with Crippen molar-refractivity contribution in [1.82, 2.24) is 26.2 Å². The molecule has 0 aliphatic carbocycles. The molecule has 14 nitrogen and oxygen atoms in total. The molecule has 1 aliphatic rings. The average molecular weight is 512 g/mol. The van der Waals surface area contributed by atoms with Crippen LogP contribution < -0.4 is 21.3 Å². The van der Waals surface area contributed by atoms with Crippen LogP contribution in [0.1, 0.15) is 46.5 Å². The minimum Gasteiger partial charge on any atom is -0.480 e. The number of aliphatic carboxylic acids is 1. The summed E-state index contributed by atoms with van der Waals surface area (Å²) in [5.41, 5.74) is 0. The maximum absolute atomic E-state index is 12.3. The molecule has 1 heterocycles. The van der Waals surface area contributed by atoms with Crippen LogP contribution in [0.3, 0.4) is 0 Å². The lowest BCUT2D eigenvalue weighted by Gasteiger charge is -2.20. The van der Waals surface area contributed by atoms with E-state index >= 15 is 0 Å². The third-order valence-electron chi connectivity index (χ3n) is 5.03. The zero-order valence-electron chi connectivity index (χ0n) is 20.5. The summed E-state index contributed by atoms with van der Waals surface area (Å²) in [7, 11) is 0. The fraction of sp³-hybridized carbons (Fsp3) is 0.591. The van der Waals surface area contributed by atoms with Crippen LogP contribution in [0.2, 0.25) is 0 Å². The number of hydrogen-bond acceptors (Lipinski definition) is 8. The van der Waals surface area contributed by atoms with Gasteiger partial charge in [-0.25, -0.2) is 4.79 Å². The van der Waals surface area contributed by atoms with Crippen molar-refractivity contribution in [3.05, 3.63) is 12.2 Å². The Bertz CT molecular complexity index is 871. The van der Waals surface area contributed by atoms with E-state index in [0.717, 1.165) is 4.90 Å². The van der Waals surface area contributed by atoms with Crippen molar-refractivity contribution in [2.75, 3.05) is 19.9 Å². The topological polar surface area (TPSA) is 200 Å². The van der Waals surface area contributed by atoms with Gasteiger partial charge in [0.05, 0.1) is 0 Å². The number of hydrogen-bond donors (Lipinski definition) is 5. The van der Waals surface area contributed by atoms with Crippen molar-refractivity contribution in [3.8, 4) is 0 Å². The lowest BCUT2D eigenvalue weighted by Crippen LogP contribution is -2.54. The van der Waals surface area contributed by atoms with E-state index in [0.29, 0.717) is 19.3 Å². The first-order chi connectivity index (χ1) is 16.9. The number of unbranched alkanes of at least 4 members (excludes halogenated alkanes) is 2. The molecule has 0 saturated carbocycles. The Hall–Kier alpha value is -3.81. The molecule has 0 radical (unpaired) electrons. The van der Waals surface area contributed by atoms with Gasteiger partial charge in [-0.3, -0.25) is 33.7 Å². The van der Waals surface area contributed by atoms with Gasteiger partial charge < -0.3 is 31.1 Å². The van der Waals surface area contributed by atoms with Crippen molar-refractivity contribution < 1.29 is 43.4 Å². The summed E-state index contributed by atoms with van der Waals surface area (Å²) in [5, 5.41) is 18.1. The van der Waals surface area contributed by atoms with E-state index in [9.17, 15) is 33.6 Å². The van der Waals surface area contributed by atoms with Gasteiger partial charge in [-0.2, -0.15) is 0 Å². The van der Waals surface area contributed by atoms with E-state index in [2.05, 4.69) is 26.0 Å². The second kappa shape index (κ2) is 15.2. The predicted octanol–water partition coefficient (Wildman–Crippen LogP) is -1.84. The summed E-state index contributed by atoms with van der Waals surface area (Å²) >= 11 is 0. The Morgan fingerprint density at radius 2 is 1.36 bits per heavy atom. The third kappa shape index (κ3) is 11.1. The van der Waals surface area contributed by atoms with Gasteiger partial charge in [-0.1, -0.05) is 6.42 Å². The van der Waals surface area contributed by atoms with E-state index in [1.807, 2.05) is 0 Å². The normalized spacial score (nSPS) is 15.1. The monoisotopic (exact) mass is 511 g/mol. The maximum atomic E-state index is 12.3. The Morgan fingerprint density at radius 3 is 1.92 bits per heavy atom. The lowest BCUT2D eigenvalue weighted by molar-refractivity contribution is -0.143. The number of nitrogens with zero attached hydrogens (tertiary/aromatic N) is 1. The Balaban J connectivity index is 2.26. The van der Waals surface area contributed by atoms with E-state index in [4.69, 9.17) is 5.11 Å². The molecule has 6 amide bonds. The molecular formula is C22H33N5O9. The van der Waals surface area contributed by atoms with Gasteiger partial charge in [-0.05, 0) is 33.6 Å². The first-order valence-electron chi connectivity index (χ1n) is 11.4. The molecule has 0 aromatic carbocycles. The van der Waals surface area contributed by atoms with Gasteiger partial charge in [-0.15, -0.1) is 0 Å². The highest BCUT2D eigenvalue weighted by Gasteiger charge is 2.24. The highest BCUT2D eigenvalue weighted by molar-refractivity contribution is 6.12. The standard InChI is InChI=1S/C22H33N5O9/c1-13(20(33)23-12-36-11-19(31)32)25-22(35)15(3)26-21(34)14(2)24-16(28)7-5-4-6-10-27-17(29)8-9-18(27)30/h8-9,13-15H,4-7,10-12H2,1-3H3,(H,23,33)(H,24,28)(H,25,35)(H,26,34)(H,31,32)/t13-,14-,15+/m0/s1. The van der Waals surface area contributed by atoms with Crippen molar-refractivity contribution in [3.63, 3.8) is 0 Å². The largest absolute Gasteiger partial charge is 0.480 e. The number of carboxylic acid groups (broad SMARTS) is 1. The summed E-state index contributed by atoms with van der Waals surface area (Å²) in [6.45, 7) is 3.63. The summed E-state index contributed by atoms with van der Waals surface area (Å²) in [5.74, 6) is -4.08. The second-order valence-electron chi connectivity index (χ2n) is 8.15. The van der Waals surface area contributed by atoms with Crippen molar-refractivity contribution >= 4 is 41.4 Å². The molecule has 14 heteroatoms. The van der Waals surface area contributed by atoms with Crippen molar-refractivity contribution in [1.29, 1.82) is 0 Å². The summed E-state index contributed by atoms with van der Waals surface area (Å²) < 4.78 is 4.68. The summed E-state index contributed by atoms with van der Waals surface area (Å²) in [6.07, 6.45) is 4.25. The molecule has 1 rings (SSSR count). The molecule has 0 bridgehead atoms. The molecular weight excluding hydrogens is 478 g/mol. The van der Waals surface area contributed by atoms with Crippen LogP contribution >= 0.6 is 0 Å². The number of imide groups is 1. The van der Waals surface area contributed by atoms with Crippen LogP contribution in [-0.4, -0.2) is 89.4 Å². The number of amides is 6. The highest BCUT2D eigenvalue weighted by atomic mass is 16.5. The first-order valence-corrected chi connectivity index (χ1v) is 11.4. The van der Waals surface area contributed by atoms with Gasteiger partial charge in [0.15, 0.2) is 0 Å². The average Bonchev–Trinajstić information content (AvgIpc) is 3.13. The summed E-state index contributed by atoms with van der Waals surface area (Å²) in [6, 6.07) is -2.88. The van der Waals surface area contributed by atoms with Crippen LogP contribution in [0.25, 0.3) is 0 Å². The van der Waals surface area contributed by atoms with Crippen molar-refractivity contribution in [2.24, 2.45) is 0 Å². The minimum atomic E-state index is -1.19. The smallest absolute Gasteiger partial charge is 0.329 e. The minimum absolute atomic E-state index is 0.149. The molecule has 5 N–H and O–H groups in total. The Kier molecular flexibility index (Phi) is 12.8. The number of carbonyl (C=O) groups excluding carboxylic acids is 6. The molecule has 200 valence electrons. The van der Waals surface area contributed by atoms with Crippen LogP contribution in [0.5, 0.6) is 0 Å². The molecule has 36 heavy (non-hydrogen) atoms. The Morgan fingerprint density at radius 1 is 0.833 bits per heavy atom. The van der Waals surface area contributed by atoms with E-state index in [1.54, 1.807) is 0 Å². The van der Waals surface area contributed by atoms with Gasteiger partial charge in [0, 0.05) is 25.1 Å². The van der Waals surface area contributed by atoms with Gasteiger partial charge in [0.25, 0.3) is 11.8 Å². The quantitative estimate of drug-likeness (QED) is 0.0897. The summed E-state index contributed by atoms with van der Waals surface area (Å²) in [4.78, 5) is 82.9. The van der Waals surface area contributed by atoms with Crippen LogP contribution in [0.15, 0.2) is 12.2 Å². The zero-order chi connectivity index (χ0) is 27.3. The number of carboxylic acids is 1. The zero-order valence-corrected chi connectivity index (χ0v) is 20.5. The third-order valence-corrected chi connectivity index (χ3v) is 5.03. The second-order valence-corrected chi connectivity index (χ2v) is 8.15. The van der Waals surface area contributed by atoms with E-state index in [-0.39, 0.29) is 37.4 Å². The fourth-order valence-electron chi connectivity index (χ4n) is 2.98. The molecule has 1 aliphatic heterocycles. The molecule has 0 saturated heterocycles. The molecule has 0 fully saturated rings. The van der Waals surface area contributed by atoms with E-state index in [1.165, 1.54) is 32.9 Å². The molecule has 0 aromatic heterocycles. The van der Waals surface area contributed by atoms with Crippen molar-refractivity contribution in [2.45, 2.75) is 64.6 Å². The number of ether oxygens (including phenoxy) is 1. The SMILES string of the molecule is C[C@H](NC(=O)CCCCCN1C(=O)C=CC1=O)C(=O)N[C@H](C)C(=O)N[C@@H](C)C(=O)NCOCC(=O)O. The molecule has 0 aromatic rings. The molecule has 3 atom stereocenters. The van der Waals surface area contributed by atoms with Gasteiger partial charge in [0.2, 0.25) is 23.6 Å². The molecule has 0 unspecified atom stereocenters. The predicted molar refractivity (Wildman–Crippen MR) is 124 cm³/mol. The van der Waals surface area contributed by atoms with E-state index < -0.39 is 48.4 Å². The Labute approximate surface area is 208 Å². The number of carbonyl (C=O) groups is 7. The maximum Gasteiger partial charge on any atom is 0.329 e. The lowest BCUT2D eigenvalue weighted by atomic mass is 10.1. The van der Waals surface area contributed by atoms with Crippen LogP contribution in [-0.2, 0) is 38.3 Å². The van der Waals surface area contributed by atoms with Crippen LogP contribution in [0.4, 0.5) is 0 Å².